The van der Waals surface area contributed by atoms with Gasteiger partial charge in [-0.25, -0.2) is 4.68 Å². The van der Waals surface area contributed by atoms with E-state index in [0.29, 0.717) is 17.3 Å². The lowest BCUT2D eigenvalue weighted by Crippen LogP contribution is -2.44. The van der Waals surface area contributed by atoms with E-state index in [1.54, 1.807) is 23.0 Å². The van der Waals surface area contributed by atoms with Crippen LogP contribution in [0.3, 0.4) is 0 Å². The van der Waals surface area contributed by atoms with Crippen LogP contribution in [0.2, 0.25) is 5.02 Å². The molecule has 0 aliphatic carbocycles. The normalized spacial score (nSPS) is 16.6. The molecule has 1 saturated heterocycles. The molecule has 6 nitrogen and oxygen atoms in total. The molecule has 4 rings (SSSR count). The van der Waals surface area contributed by atoms with Gasteiger partial charge >= 0.3 is 0 Å². The van der Waals surface area contributed by atoms with Crippen molar-refractivity contribution in [3.8, 4) is 5.75 Å². The number of rotatable bonds is 6. The number of aryl methyl sites for hydroxylation is 1. The number of halogens is 1. The topological polar surface area (TPSA) is 71.2 Å². The zero-order chi connectivity index (χ0) is 20.9. The molecule has 1 unspecified atom stereocenters. The highest BCUT2D eigenvalue weighted by atomic mass is 35.5. The first-order valence-corrected chi connectivity index (χ1v) is 10.7. The number of amides is 1. The second kappa shape index (κ2) is 9.30. The Kier molecular flexibility index (Phi) is 6.33. The minimum atomic E-state index is -0.0530. The fourth-order valence-corrected chi connectivity index (χ4v) is 4.22. The van der Waals surface area contributed by atoms with Crippen LogP contribution in [0.15, 0.2) is 54.7 Å². The number of piperidine rings is 1. The van der Waals surface area contributed by atoms with E-state index in [0.717, 1.165) is 44.2 Å². The SMILES string of the molecule is O=C(c1cn(Cc2cccc(Cl)c2)nn1)N1CCCCC1CCc1ccc(O)cc1. The molecular formula is C23H25ClN4O2. The summed E-state index contributed by atoms with van der Waals surface area (Å²) in [5.41, 5.74) is 2.56. The molecule has 0 saturated carbocycles. The number of phenolic OH excluding ortho intramolecular Hbond substituents is 1. The molecule has 7 heteroatoms. The highest BCUT2D eigenvalue weighted by Crippen LogP contribution is 2.23. The van der Waals surface area contributed by atoms with Crippen molar-refractivity contribution in [2.24, 2.45) is 0 Å². The molecule has 1 N–H and O–H groups in total. The summed E-state index contributed by atoms with van der Waals surface area (Å²) in [5.74, 6) is 0.219. The van der Waals surface area contributed by atoms with Crippen molar-refractivity contribution in [3.63, 3.8) is 0 Å². The van der Waals surface area contributed by atoms with E-state index in [2.05, 4.69) is 10.3 Å². The Hall–Kier alpha value is -2.86. The number of carbonyl (C=O) groups is 1. The Bertz CT molecular complexity index is 1000. The molecular weight excluding hydrogens is 400 g/mol. The number of aromatic nitrogens is 3. The molecule has 1 aromatic heterocycles. The van der Waals surface area contributed by atoms with Crippen LogP contribution in [-0.2, 0) is 13.0 Å². The summed E-state index contributed by atoms with van der Waals surface area (Å²) < 4.78 is 1.67. The zero-order valence-electron chi connectivity index (χ0n) is 16.7. The number of hydrogen-bond donors (Lipinski definition) is 1. The molecule has 1 aliphatic heterocycles. The largest absolute Gasteiger partial charge is 0.508 e. The molecule has 1 aliphatic rings. The number of aromatic hydroxyl groups is 1. The predicted octanol–water partition coefficient (Wildman–Crippen LogP) is 4.31. The van der Waals surface area contributed by atoms with E-state index in [1.807, 2.05) is 41.3 Å². The Morgan fingerprint density at radius 2 is 1.97 bits per heavy atom. The van der Waals surface area contributed by atoms with E-state index >= 15 is 0 Å². The second-order valence-corrected chi connectivity index (χ2v) is 8.22. The predicted molar refractivity (Wildman–Crippen MR) is 116 cm³/mol. The first kappa shape index (κ1) is 20.4. The number of nitrogens with zero attached hydrogens (tertiary/aromatic N) is 4. The molecule has 0 bridgehead atoms. The van der Waals surface area contributed by atoms with Crippen molar-refractivity contribution in [1.29, 1.82) is 0 Å². The van der Waals surface area contributed by atoms with Crippen molar-refractivity contribution in [1.82, 2.24) is 19.9 Å². The third-order valence-electron chi connectivity index (χ3n) is 5.58. The number of likely N-dealkylation sites (tertiary alicyclic amines) is 1. The van der Waals surface area contributed by atoms with Crippen LogP contribution in [0.4, 0.5) is 0 Å². The average Bonchev–Trinajstić information content (AvgIpc) is 3.21. The van der Waals surface area contributed by atoms with Gasteiger partial charge in [0, 0.05) is 17.6 Å². The molecule has 0 radical (unpaired) electrons. The quantitative estimate of drug-likeness (QED) is 0.639. The lowest BCUT2D eigenvalue weighted by atomic mass is 9.95. The Labute approximate surface area is 181 Å². The summed E-state index contributed by atoms with van der Waals surface area (Å²) in [6, 6.07) is 15.1. The Balaban J connectivity index is 1.41. The van der Waals surface area contributed by atoms with Crippen LogP contribution < -0.4 is 0 Å². The van der Waals surface area contributed by atoms with Crippen LogP contribution in [0.1, 0.15) is 47.3 Å². The van der Waals surface area contributed by atoms with Gasteiger partial charge in [-0.3, -0.25) is 4.79 Å². The minimum Gasteiger partial charge on any atom is -0.508 e. The van der Waals surface area contributed by atoms with Gasteiger partial charge in [0.2, 0.25) is 0 Å². The highest BCUT2D eigenvalue weighted by Gasteiger charge is 2.28. The van der Waals surface area contributed by atoms with Crippen LogP contribution in [0.25, 0.3) is 0 Å². The van der Waals surface area contributed by atoms with Gasteiger partial charge in [-0.1, -0.05) is 41.1 Å². The van der Waals surface area contributed by atoms with Crippen molar-refractivity contribution in [3.05, 3.63) is 76.6 Å². The molecule has 3 aromatic rings. The maximum Gasteiger partial charge on any atom is 0.276 e. The monoisotopic (exact) mass is 424 g/mol. The maximum absolute atomic E-state index is 13.1. The number of benzene rings is 2. The summed E-state index contributed by atoms with van der Waals surface area (Å²) in [4.78, 5) is 15.1. The van der Waals surface area contributed by atoms with Gasteiger partial charge in [0.05, 0.1) is 12.7 Å². The van der Waals surface area contributed by atoms with E-state index in [1.165, 1.54) is 5.56 Å². The lowest BCUT2D eigenvalue weighted by molar-refractivity contribution is 0.0595. The Morgan fingerprint density at radius 3 is 2.77 bits per heavy atom. The molecule has 1 atom stereocenters. The first-order valence-electron chi connectivity index (χ1n) is 10.3. The van der Waals surface area contributed by atoms with E-state index < -0.39 is 0 Å². The van der Waals surface area contributed by atoms with E-state index in [-0.39, 0.29) is 17.7 Å². The molecule has 1 amide bonds. The van der Waals surface area contributed by atoms with Gasteiger partial charge in [-0.05, 0) is 67.5 Å². The highest BCUT2D eigenvalue weighted by molar-refractivity contribution is 6.30. The van der Waals surface area contributed by atoms with Crippen molar-refractivity contribution < 1.29 is 9.90 Å². The summed E-state index contributed by atoms with van der Waals surface area (Å²) in [6.07, 6.45) is 6.63. The van der Waals surface area contributed by atoms with Crippen LogP contribution in [-0.4, -0.2) is 43.5 Å². The summed E-state index contributed by atoms with van der Waals surface area (Å²) in [6.45, 7) is 1.27. The molecule has 0 spiro atoms. The van der Waals surface area contributed by atoms with E-state index in [4.69, 9.17) is 11.6 Å². The number of phenols is 1. The number of hydrogen-bond acceptors (Lipinski definition) is 4. The first-order chi connectivity index (χ1) is 14.6. The fraction of sp³-hybridized carbons (Fsp3) is 0.348. The van der Waals surface area contributed by atoms with Crippen molar-refractivity contribution >= 4 is 17.5 Å². The molecule has 2 aromatic carbocycles. The molecule has 1 fully saturated rings. The average molecular weight is 425 g/mol. The Morgan fingerprint density at radius 1 is 1.13 bits per heavy atom. The van der Waals surface area contributed by atoms with Gasteiger partial charge in [0.25, 0.3) is 5.91 Å². The van der Waals surface area contributed by atoms with Crippen molar-refractivity contribution in [2.45, 2.75) is 44.7 Å². The van der Waals surface area contributed by atoms with Crippen LogP contribution in [0.5, 0.6) is 5.75 Å². The second-order valence-electron chi connectivity index (χ2n) is 7.78. The van der Waals surface area contributed by atoms with Gasteiger partial charge in [0.1, 0.15) is 5.75 Å². The van der Waals surface area contributed by atoms with Crippen LogP contribution in [0, 0.1) is 0 Å². The summed E-state index contributed by atoms with van der Waals surface area (Å²) in [5, 5.41) is 18.4. The smallest absolute Gasteiger partial charge is 0.276 e. The van der Waals surface area contributed by atoms with E-state index in [9.17, 15) is 9.90 Å². The minimum absolute atomic E-state index is 0.0530. The lowest BCUT2D eigenvalue weighted by Gasteiger charge is -2.35. The van der Waals surface area contributed by atoms with Gasteiger partial charge in [0.15, 0.2) is 5.69 Å². The van der Waals surface area contributed by atoms with Gasteiger partial charge in [-0.15, -0.1) is 5.10 Å². The summed E-state index contributed by atoms with van der Waals surface area (Å²) >= 11 is 6.05. The standard InChI is InChI=1S/C23H25ClN4O2/c24-19-5-3-4-18(14-19)15-27-16-22(25-26-27)23(30)28-13-2-1-6-20(28)10-7-17-8-11-21(29)12-9-17/h3-5,8-9,11-12,14,16,20,29H,1-2,6-7,10,13,15H2. The molecule has 30 heavy (non-hydrogen) atoms. The third kappa shape index (κ3) is 5.00. The van der Waals surface area contributed by atoms with Crippen molar-refractivity contribution in [2.75, 3.05) is 6.54 Å². The van der Waals surface area contributed by atoms with Crippen LogP contribution >= 0.6 is 11.6 Å². The third-order valence-corrected chi connectivity index (χ3v) is 5.82. The number of carbonyl (C=O) groups excluding carboxylic acids is 1. The molecule has 2 heterocycles. The summed E-state index contributed by atoms with van der Waals surface area (Å²) in [7, 11) is 0. The zero-order valence-corrected chi connectivity index (χ0v) is 17.5. The fourth-order valence-electron chi connectivity index (χ4n) is 4.01. The maximum atomic E-state index is 13.1. The molecule has 156 valence electrons. The van der Waals surface area contributed by atoms with Gasteiger partial charge in [-0.2, -0.15) is 0 Å². The van der Waals surface area contributed by atoms with Gasteiger partial charge < -0.3 is 10.0 Å².